The zero-order valence-electron chi connectivity index (χ0n) is 14.9. The van der Waals surface area contributed by atoms with Crippen molar-refractivity contribution in [1.29, 1.82) is 0 Å². The van der Waals surface area contributed by atoms with Crippen molar-refractivity contribution < 1.29 is 4.92 Å². The molecule has 0 bridgehead atoms. The molecule has 0 saturated carbocycles. The summed E-state index contributed by atoms with van der Waals surface area (Å²) in [7, 11) is 0. The lowest BCUT2D eigenvalue weighted by atomic mass is 10.1. The van der Waals surface area contributed by atoms with E-state index in [1.165, 1.54) is 0 Å². The number of nitro benzene ring substituents is 1. The zero-order valence-corrected chi connectivity index (χ0v) is 14.9. The number of non-ortho nitro benzene ring substituents is 1. The van der Waals surface area contributed by atoms with Crippen LogP contribution >= 0.6 is 0 Å². The van der Waals surface area contributed by atoms with Crippen LogP contribution in [0.4, 0.5) is 11.5 Å². The van der Waals surface area contributed by atoms with Crippen molar-refractivity contribution >= 4 is 17.2 Å². The first-order valence-electron chi connectivity index (χ1n) is 8.75. The molecule has 1 aromatic carbocycles. The Hall–Kier alpha value is -2.93. The Morgan fingerprint density at radius 3 is 2.42 bits per heavy atom. The molecule has 7 nitrogen and oxygen atoms in total. The summed E-state index contributed by atoms with van der Waals surface area (Å²) < 4.78 is 2.21. The maximum atomic E-state index is 11.0. The van der Waals surface area contributed by atoms with Crippen LogP contribution in [0.5, 0.6) is 0 Å². The van der Waals surface area contributed by atoms with Gasteiger partial charge in [-0.2, -0.15) is 0 Å². The van der Waals surface area contributed by atoms with Crippen molar-refractivity contribution in [3.05, 3.63) is 57.8 Å². The molecule has 0 atom stereocenters. The van der Waals surface area contributed by atoms with Gasteiger partial charge in [0.1, 0.15) is 17.2 Å². The van der Waals surface area contributed by atoms with Crippen molar-refractivity contribution in [2.24, 2.45) is 0 Å². The summed E-state index contributed by atoms with van der Waals surface area (Å²) in [5.41, 5.74) is 5.03. The second-order valence-corrected chi connectivity index (χ2v) is 6.64. The maximum absolute atomic E-state index is 11.0. The highest BCUT2D eigenvalue weighted by molar-refractivity contribution is 5.79. The molecule has 1 aliphatic rings. The van der Waals surface area contributed by atoms with Crippen molar-refractivity contribution in [3.63, 3.8) is 0 Å². The van der Waals surface area contributed by atoms with E-state index in [0.717, 1.165) is 60.2 Å². The van der Waals surface area contributed by atoms with Crippen LogP contribution in [0.1, 0.15) is 11.3 Å². The quantitative estimate of drug-likeness (QED) is 0.580. The second kappa shape index (κ2) is 6.42. The summed E-state index contributed by atoms with van der Waals surface area (Å²) in [6, 6.07) is 10.8. The Morgan fingerprint density at radius 2 is 1.77 bits per heavy atom. The summed E-state index contributed by atoms with van der Waals surface area (Å²) in [6.07, 6.45) is 0. The smallest absolute Gasteiger partial charge is 0.269 e. The fraction of sp³-hybridized carbons (Fsp3) is 0.316. The van der Waals surface area contributed by atoms with Gasteiger partial charge in [0.05, 0.1) is 4.92 Å². The first-order valence-corrected chi connectivity index (χ1v) is 8.75. The molecule has 1 fully saturated rings. The monoisotopic (exact) mass is 351 g/mol. The minimum absolute atomic E-state index is 0.0913. The van der Waals surface area contributed by atoms with Gasteiger partial charge in [0, 0.05) is 49.6 Å². The molecule has 1 aliphatic heterocycles. The number of piperazine rings is 1. The number of aryl methyl sites for hydroxylation is 2. The van der Waals surface area contributed by atoms with E-state index in [1.54, 1.807) is 24.3 Å². The van der Waals surface area contributed by atoms with Crippen LogP contribution in [-0.2, 0) is 0 Å². The van der Waals surface area contributed by atoms with Gasteiger partial charge in [0.15, 0.2) is 0 Å². The van der Waals surface area contributed by atoms with Crippen molar-refractivity contribution in [2.75, 3.05) is 31.1 Å². The van der Waals surface area contributed by atoms with Gasteiger partial charge < -0.3 is 10.2 Å². The molecule has 0 spiro atoms. The number of aromatic nitrogens is 2. The Morgan fingerprint density at radius 1 is 1.08 bits per heavy atom. The van der Waals surface area contributed by atoms with Crippen molar-refractivity contribution in [3.8, 4) is 11.3 Å². The molecule has 1 N–H and O–H groups in total. The third-order valence-electron chi connectivity index (χ3n) is 4.90. The number of nitrogens with zero attached hydrogens (tertiary/aromatic N) is 4. The predicted octanol–water partition coefficient (Wildman–Crippen LogP) is 2.94. The Bertz CT molecular complexity index is 972. The van der Waals surface area contributed by atoms with Crippen LogP contribution in [0.25, 0.3) is 16.9 Å². The molecule has 26 heavy (non-hydrogen) atoms. The molecule has 4 rings (SSSR count). The molecular weight excluding hydrogens is 330 g/mol. The third kappa shape index (κ3) is 2.70. The van der Waals surface area contributed by atoms with Gasteiger partial charge >= 0.3 is 0 Å². The number of rotatable bonds is 3. The van der Waals surface area contributed by atoms with Crippen molar-refractivity contribution in [2.45, 2.75) is 13.8 Å². The first kappa shape index (κ1) is 16.5. The van der Waals surface area contributed by atoms with Gasteiger partial charge in [-0.25, -0.2) is 4.98 Å². The number of hydrogen-bond donors (Lipinski definition) is 1. The lowest BCUT2D eigenvalue weighted by molar-refractivity contribution is -0.384. The summed E-state index contributed by atoms with van der Waals surface area (Å²) in [6.45, 7) is 7.81. The van der Waals surface area contributed by atoms with E-state index in [4.69, 9.17) is 4.98 Å². The van der Waals surface area contributed by atoms with Gasteiger partial charge in [-0.1, -0.05) is 6.07 Å². The molecule has 0 unspecified atom stereocenters. The van der Waals surface area contributed by atoms with E-state index in [1.807, 2.05) is 0 Å². The Balaban J connectivity index is 1.94. The van der Waals surface area contributed by atoms with E-state index in [0.29, 0.717) is 0 Å². The SMILES string of the molecule is Cc1ccc(C)n2c(N3CCNCC3)c(-c3ccc([N+](=O)[O-])cc3)nc12. The first-order chi connectivity index (χ1) is 12.6. The summed E-state index contributed by atoms with van der Waals surface area (Å²) in [5, 5.41) is 14.3. The predicted molar refractivity (Wildman–Crippen MR) is 102 cm³/mol. The van der Waals surface area contributed by atoms with Crippen LogP contribution in [-0.4, -0.2) is 40.5 Å². The normalized spacial score (nSPS) is 14.8. The van der Waals surface area contributed by atoms with E-state index >= 15 is 0 Å². The van der Waals surface area contributed by atoms with E-state index in [9.17, 15) is 10.1 Å². The number of anilines is 1. The topological polar surface area (TPSA) is 75.7 Å². The lowest BCUT2D eigenvalue weighted by Crippen LogP contribution is -2.44. The molecule has 3 aromatic rings. The van der Waals surface area contributed by atoms with Gasteiger partial charge in [-0.3, -0.25) is 14.5 Å². The maximum Gasteiger partial charge on any atom is 0.269 e. The van der Waals surface area contributed by atoms with Crippen molar-refractivity contribution in [1.82, 2.24) is 14.7 Å². The summed E-state index contributed by atoms with van der Waals surface area (Å²) in [5.74, 6) is 1.07. The molecule has 3 heterocycles. The minimum Gasteiger partial charge on any atom is -0.353 e. The molecule has 0 radical (unpaired) electrons. The standard InChI is InChI=1S/C19H21N5O2/c1-13-3-4-14(2)23-18(13)21-17(19(23)22-11-9-20-10-12-22)15-5-7-16(8-6-15)24(25)26/h3-8,20H,9-12H2,1-2H3. The molecule has 1 saturated heterocycles. The highest BCUT2D eigenvalue weighted by Gasteiger charge is 2.23. The fourth-order valence-electron chi connectivity index (χ4n) is 3.51. The molecule has 0 amide bonds. The van der Waals surface area contributed by atoms with Crippen LogP contribution in [0.2, 0.25) is 0 Å². The molecule has 7 heteroatoms. The number of nitrogens with one attached hydrogen (secondary N) is 1. The Kier molecular flexibility index (Phi) is 4.08. The van der Waals surface area contributed by atoms with Crippen LogP contribution in [0, 0.1) is 24.0 Å². The average Bonchev–Trinajstić information content (AvgIpc) is 3.07. The molecular formula is C19H21N5O2. The number of benzene rings is 1. The number of pyridine rings is 1. The molecule has 134 valence electrons. The number of nitro groups is 1. The van der Waals surface area contributed by atoms with Gasteiger partial charge in [0.2, 0.25) is 0 Å². The number of hydrogen-bond acceptors (Lipinski definition) is 5. The summed E-state index contributed by atoms with van der Waals surface area (Å²) >= 11 is 0. The third-order valence-corrected chi connectivity index (χ3v) is 4.90. The number of imidazole rings is 1. The van der Waals surface area contributed by atoms with Gasteiger partial charge in [0.25, 0.3) is 5.69 Å². The summed E-state index contributed by atoms with van der Waals surface area (Å²) in [4.78, 5) is 17.9. The second-order valence-electron chi connectivity index (χ2n) is 6.64. The van der Waals surface area contributed by atoms with Gasteiger partial charge in [-0.05, 0) is 37.6 Å². The van der Waals surface area contributed by atoms with Gasteiger partial charge in [-0.15, -0.1) is 0 Å². The zero-order chi connectivity index (χ0) is 18.3. The molecule has 2 aromatic heterocycles. The largest absolute Gasteiger partial charge is 0.353 e. The fourth-order valence-corrected chi connectivity index (χ4v) is 3.51. The van der Waals surface area contributed by atoms with E-state index < -0.39 is 0 Å². The highest BCUT2D eigenvalue weighted by Crippen LogP contribution is 2.34. The Labute approximate surface area is 151 Å². The number of fused-ring (bicyclic) bond motifs is 1. The van der Waals surface area contributed by atoms with Crippen LogP contribution in [0.3, 0.4) is 0 Å². The minimum atomic E-state index is -0.376. The van der Waals surface area contributed by atoms with E-state index in [2.05, 4.69) is 40.6 Å². The van der Waals surface area contributed by atoms with Crippen LogP contribution in [0.15, 0.2) is 36.4 Å². The highest BCUT2D eigenvalue weighted by atomic mass is 16.6. The lowest BCUT2D eigenvalue weighted by Gasteiger charge is -2.30. The molecule has 0 aliphatic carbocycles. The average molecular weight is 351 g/mol. The van der Waals surface area contributed by atoms with E-state index in [-0.39, 0.29) is 10.6 Å². The van der Waals surface area contributed by atoms with Crippen LogP contribution < -0.4 is 10.2 Å².